The second-order valence-electron chi connectivity index (χ2n) is 3.82. The van der Waals surface area contributed by atoms with E-state index in [0.717, 1.165) is 13.2 Å². The van der Waals surface area contributed by atoms with E-state index in [-0.39, 0.29) is 17.0 Å². The number of sulfonamides is 2. The monoisotopic (exact) mass is 322 g/mol. The molecule has 0 radical (unpaired) electrons. The van der Waals surface area contributed by atoms with Gasteiger partial charge in [0.1, 0.15) is 0 Å². The molecule has 0 aliphatic carbocycles. The quantitative estimate of drug-likeness (QED) is 0.687. The number of primary sulfonamides is 1. The first-order valence-corrected chi connectivity index (χ1v) is 8.54. The number of nitrogens with two attached hydrogens (primary N) is 1. The summed E-state index contributed by atoms with van der Waals surface area (Å²) in [6.07, 6.45) is -0.305. The summed E-state index contributed by atoms with van der Waals surface area (Å²) in [5, 5.41) is 4.94. The Labute approximate surface area is 117 Å². The molecule has 0 bridgehead atoms. The SMILES string of the molecule is COC(=O)CCS(=O)(=O)Nc1cccc(S(N)(=O)=O)c1. The zero-order valence-electron chi connectivity index (χ0n) is 10.6. The Bertz CT molecular complexity index is 696. The lowest BCUT2D eigenvalue weighted by Gasteiger charge is -2.08. The number of rotatable bonds is 6. The number of carbonyl (C=O) groups excluding carboxylic acids is 1. The highest BCUT2D eigenvalue weighted by Gasteiger charge is 2.15. The Balaban J connectivity index is 2.85. The molecule has 0 unspecified atom stereocenters. The molecule has 0 aliphatic heterocycles. The fourth-order valence-electron chi connectivity index (χ4n) is 1.29. The molecule has 0 saturated carbocycles. The minimum Gasteiger partial charge on any atom is -0.469 e. The average Bonchev–Trinajstić information content (AvgIpc) is 2.35. The van der Waals surface area contributed by atoms with E-state index < -0.39 is 31.8 Å². The Morgan fingerprint density at radius 2 is 1.95 bits per heavy atom. The molecule has 112 valence electrons. The third-order valence-electron chi connectivity index (χ3n) is 2.24. The molecule has 0 aliphatic rings. The van der Waals surface area contributed by atoms with E-state index in [1.165, 1.54) is 18.2 Å². The summed E-state index contributed by atoms with van der Waals surface area (Å²) >= 11 is 0. The van der Waals surface area contributed by atoms with Gasteiger partial charge in [0.25, 0.3) is 0 Å². The number of esters is 1. The molecular formula is C10H14N2O6S2. The van der Waals surface area contributed by atoms with Gasteiger partial charge in [0.15, 0.2) is 0 Å². The van der Waals surface area contributed by atoms with Crippen molar-refractivity contribution in [2.24, 2.45) is 5.14 Å². The highest BCUT2D eigenvalue weighted by Crippen LogP contribution is 2.15. The van der Waals surface area contributed by atoms with Gasteiger partial charge < -0.3 is 4.74 Å². The first-order chi connectivity index (χ1) is 9.14. The summed E-state index contributed by atoms with van der Waals surface area (Å²) in [4.78, 5) is 10.7. The fourth-order valence-corrected chi connectivity index (χ4v) is 2.87. The van der Waals surface area contributed by atoms with Crippen LogP contribution in [0.15, 0.2) is 29.2 Å². The Morgan fingerprint density at radius 3 is 2.50 bits per heavy atom. The zero-order chi connectivity index (χ0) is 15.4. The normalized spacial score (nSPS) is 11.9. The number of carbonyl (C=O) groups is 1. The van der Waals surface area contributed by atoms with Crippen LogP contribution in [0.4, 0.5) is 5.69 Å². The fraction of sp³-hybridized carbons (Fsp3) is 0.300. The van der Waals surface area contributed by atoms with Gasteiger partial charge in [0.05, 0.1) is 24.2 Å². The molecule has 1 rings (SSSR count). The third-order valence-corrected chi connectivity index (χ3v) is 4.44. The first kappa shape index (κ1) is 16.4. The number of benzene rings is 1. The van der Waals surface area contributed by atoms with Gasteiger partial charge in [-0.15, -0.1) is 0 Å². The molecule has 0 fully saturated rings. The molecule has 20 heavy (non-hydrogen) atoms. The van der Waals surface area contributed by atoms with Gasteiger partial charge in [0, 0.05) is 5.69 Å². The topological polar surface area (TPSA) is 133 Å². The lowest BCUT2D eigenvalue weighted by atomic mass is 10.3. The lowest BCUT2D eigenvalue weighted by molar-refractivity contribution is -0.140. The number of nitrogens with one attached hydrogen (secondary N) is 1. The Kier molecular flexibility index (Phi) is 5.09. The van der Waals surface area contributed by atoms with Crippen molar-refractivity contribution in [3.8, 4) is 0 Å². The highest BCUT2D eigenvalue weighted by atomic mass is 32.2. The lowest BCUT2D eigenvalue weighted by Crippen LogP contribution is -2.20. The predicted molar refractivity (Wildman–Crippen MR) is 71.9 cm³/mol. The van der Waals surface area contributed by atoms with Crippen LogP contribution in [-0.4, -0.2) is 35.7 Å². The van der Waals surface area contributed by atoms with E-state index in [2.05, 4.69) is 9.46 Å². The maximum Gasteiger partial charge on any atom is 0.306 e. The minimum atomic E-state index is -3.92. The zero-order valence-corrected chi connectivity index (χ0v) is 12.2. The summed E-state index contributed by atoms with van der Waals surface area (Å²) < 4.78 is 52.1. The van der Waals surface area contributed by atoms with E-state index in [1.54, 1.807) is 0 Å². The average molecular weight is 322 g/mol. The van der Waals surface area contributed by atoms with Crippen molar-refractivity contribution in [2.45, 2.75) is 11.3 Å². The number of anilines is 1. The van der Waals surface area contributed by atoms with E-state index >= 15 is 0 Å². The molecule has 1 aromatic rings. The summed E-state index contributed by atoms with van der Waals surface area (Å²) in [6.45, 7) is 0. The molecule has 8 nitrogen and oxygen atoms in total. The van der Waals surface area contributed by atoms with Crippen LogP contribution in [0.2, 0.25) is 0 Å². The number of hydrogen-bond acceptors (Lipinski definition) is 6. The van der Waals surface area contributed by atoms with Gasteiger partial charge in [0.2, 0.25) is 20.0 Å². The van der Waals surface area contributed by atoms with Gasteiger partial charge in [-0.3, -0.25) is 9.52 Å². The van der Waals surface area contributed by atoms with E-state index in [9.17, 15) is 21.6 Å². The number of hydrogen-bond donors (Lipinski definition) is 2. The van der Waals surface area contributed by atoms with Crippen molar-refractivity contribution in [3.63, 3.8) is 0 Å². The molecule has 0 amide bonds. The van der Waals surface area contributed by atoms with E-state index in [0.29, 0.717) is 0 Å². The smallest absolute Gasteiger partial charge is 0.306 e. The van der Waals surface area contributed by atoms with Crippen molar-refractivity contribution >= 4 is 31.7 Å². The largest absolute Gasteiger partial charge is 0.469 e. The van der Waals surface area contributed by atoms with Gasteiger partial charge in [-0.1, -0.05) is 6.07 Å². The molecule has 0 atom stereocenters. The van der Waals surface area contributed by atoms with Gasteiger partial charge in [-0.05, 0) is 18.2 Å². The summed E-state index contributed by atoms with van der Waals surface area (Å²) in [7, 11) is -6.56. The van der Waals surface area contributed by atoms with E-state index in [4.69, 9.17) is 5.14 Å². The Hall–Kier alpha value is -1.65. The van der Waals surface area contributed by atoms with Crippen LogP contribution in [0.1, 0.15) is 6.42 Å². The molecular weight excluding hydrogens is 308 g/mol. The van der Waals surface area contributed by atoms with Gasteiger partial charge >= 0.3 is 5.97 Å². The molecule has 0 spiro atoms. The van der Waals surface area contributed by atoms with Crippen molar-refractivity contribution in [2.75, 3.05) is 17.6 Å². The van der Waals surface area contributed by atoms with Crippen LogP contribution >= 0.6 is 0 Å². The first-order valence-electron chi connectivity index (χ1n) is 5.34. The van der Waals surface area contributed by atoms with Crippen LogP contribution in [0, 0.1) is 0 Å². The van der Waals surface area contributed by atoms with Crippen molar-refractivity contribution < 1.29 is 26.4 Å². The molecule has 0 saturated heterocycles. The second-order valence-corrected chi connectivity index (χ2v) is 7.22. The second kappa shape index (κ2) is 6.20. The Morgan fingerprint density at radius 1 is 1.30 bits per heavy atom. The van der Waals surface area contributed by atoms with Crippen LogP contribution in [0.5, 0.6) is 0 Å². The maximum absolute atomic E-state index is 11.7. The van der Waals surface area contributed by atoms with Gasteiger partial charge in [-0.25, -0.2) is 22.0 Å². The predicted octanol–water partition coefficient (Wildman–Crippen LogP) is -0.361. The van der Waals surface area contributed by atoms with Crippen molar-refractivity contribution in [1.29, 1.82) is 0 Å². The standard InChI is InChI=1S/C10H14N2O6S2/c1-18-10(13)5-6-19(14,15)12-8-3-2-4-9(7-8)20(11,16)17/h2-4,7,12H,5-6H2,1H3,(H2,11,16,17). The highest BCUT2D eigenvalue weighted by molar-refractivity contribution is 7.92. The summed E-state index contributed by atoms with van der Waals surface area (Å²) in [5.41, 5.74) is 0.0430. The van der Waals surface area contributed by atoms with Crippen molar-refractivity contribution in [3.05, 3.63) is 24.3 Å². The number of methoxy groups -OCH3 is 1. The summed E-state index contributed by atoms with van der Waals surface area (Å²) in [5.74, 6) is -1.13. The molecule has 0 heterocycles. The third kappa shape index (κ3) is 5.15. The van der Waals surface area contributed by atoms with Crippen molar-refractivity contribution in [1.82, 2.24) is 0 Å². The van der Waals surface area contributed by atoms with E-state index in [1.807, 2.05) is 0 Å². The van der Waals surface area contributed by atoms with Crippen LogP contribution in [0.25, 0.3) is 0 Å². The van der Waals surface area contributed by atoms with Gasteiger partial charge in [-0.2, -0.15) is 0 Å². The summed E-state index contributed by atoms with van der Waals surface area (Å²) in [6, 6.07) is 5.04. The minimum absolute atomic E-state index is 0.0430. The molecule has 1 aromatic carbocycles. The van der Waals surface area contributed by atoms with Crippen LogP contribution in [0.3, 0.4) is 0 Å². The molecule has 3 N–H and O–H groups in total. The molecule has 10 heteroatoms. The van der Waals surface area contributed by atoms with Crippen LogP contribution < -0.4 is 9.86 Å². The molecule has 0 aromatic heterocycles. The number of ether oxygens (including phenoxy) is 1. The maximum atomic E-state index is 11.7. The van der Waals surface area contributed by atoms with Crippen LogP contribution in [-0.2, 0) is 29.6 Å².